The Morgan fingerprint density at radius 3 is 2.52 bits per heavy atom. The maximum Gasteiger partial charge on any atom is 0.339 e. The summed E-state index contributed by atoms with van der Waals surface area (Å²) in [6.07, 6.45) is 0.895. The molecule has 1 aromatic carbocycles. The summed E-state index contributed by atoms with van der Waals surface area (Å²) in [5, 5.41) is 0. The molecule has 1 aromatic heterocycles. The van der Waals surface area contributed by atoms with Gasteiger partial charge < -0.3 is 14.0 Å². The minimum absolute atomic E-state index is 0.296. The molecule has 4 nitrogen and oxygen atoms in total. The van der Waals surface area contributed by atoms with Gasteiger partial charge in [0, 0.05) is 31.6 Å². The Hall–Kier alpha value is -2.07. The SMILES string of the molecule is COCCCn1c(-c2ccccc2)cc(C(=O)OC)c1C. The Labute approximate surface area is 125 Å². The van der Waals surface area contributed by atoms with Crippen LogP contribution in [0.4, 0.5) is 0 Å². The number of ether oxygens (including phenoxy) is 2. The molecule has 21 heavy (non-hydrogen) atoms. The number of carbonyl (C=O) groups excluding carboxylic acids is 1. The lowest BCUT2D eigenvalue weighted by molar-refractivity contribution is 0.0600. The fourth-order valence-electron chi connectivity index (χ4n) is 2.46. The number of esters is 1. The average molecular weight is 287 g/mol. The van der Waals surface area contributed by atoms with Gasteiger partial charge in [0.25, 0.3) is 0 Å². The molecule has 0 N–H and O–H groups in total. The van der Waals surface area contributed by atoms with Crippen LogP contribution >= 0.6 is 0 Å². The van der Waals surface area contributed by atoms with E-state index in [2.05, 4.69) is 4.57 Å². The van der Waals surface area contributed by atoms with Crippen LogP contribution in [0.1, 0.15) is 22.5 Å². The topological polar surface area (TPSA) is 40.5 Å². The summed E-state index contributed by atoms with van der Waals surface area (Å²) in [6, 6.07) is 12.0. The largest absolute Gasteiger partial charge is 0.465 e. The van der Waals surface area contributed by atoms with Crippen LogP contribution in [0.25, 0.3) is 11.3 Å². The molecule has 0 spiro atoms. The van der Waals surface area contributed by atoms with Crippen molar-refractivity contribution in [2.45, 2.75) is 19.9 Å². The Balaban J connectivity index is 2.43. The quantitative estimate of drug-likeness (QED) is 0.604. The molecule has 0 aliphatic rings. The first-order valence-corrected chi connectivity index (χ1v) is 7.01. The van der Waals surface area contributed by atoms with Gasteiger partial charge in [0.1, 0.15) is 0 Å². The molecule has 112 valence electrons. The highest BCUT2D eigenvalue weighted by atomic mass is 16.5. The van der Waals surface area contributed by atoms with Crippen LogP contribution in [0.3, 0.4) is 0 Å². The first-order chi connectivity index (χ1) is 10.2. The zero-order chi connectivity index (χ0) is 15.2. The molecule has 0 aliphatic heterocycles. The summed E-state index contributed by atoms with van der Waals surface area (Å²) >= 11 is 0. The highest BCUT2D eigenvalue weighted by Crippen LogP contribution is 2.26. The monoisotopic (exact) mass is 287 g/mol. The van der Waals surface area contributed by atoms with Crippen molar-refractivity contribution < 1.29 is 14.3 Å². The van der Waals surface area contributed by atoms with Gasteiger partial charge in [-0.25, -0.2) is 4.79 Å². The smallest absolute Gasteiger partial charge is 0.339 e. The van der Waals surface area contributed by atoms with Gasteiger partial charge in [0.2, 0.25) is 0 Å². The van der Waals surface area contributed by atoms with Crippen LogP contribution in [0.5, 0.6) is 0 Å². The van der Waals surface area contributed by atoms with Crippen LogP contribution < -0.4 is 0 Å². The van der Waals surface area contributed by atoms with Gasteiger partial charge in [-0.3, -0.25) is 0 Å². The molecule has 2 aromatic rings. The van der Waals surface area contributed by atoms with Crippen molar-refractivity contribution >= 4 is 5.97 Å². The lowest BCUT2D eigenvalue weighted by atomic mass is 10.1. The van der Waals surface area contributed by atoms with Crippen LogP contribution in [0.15, 0.2) is 36.4 Å². The van der Waals surface area contributed by atoms with Crippen molar-refractivity contribution in [3.63, 3.8) is 0 Å². The molecule has 0 saturated heterocycles. The number of aromatic nitrogens is 1. The average Bonchev–Trinajstić information content (AvgIpc) is 2.85. The van der Waals surface area contributed by atoms with Crippen molar-refractivity contribution in [1.29, 1.82) is 0 Å². The molecule has 0 amide bonds. The van der Waals surface area contributed by atoms with Crippen LogP contribution in [-0.2, 0) is 16.0 Å². The van der Waals surface area contributed by atoms with Crippen molar-refractivity contribution in [2.24, 2.45) is 0 Å². The van der Waals surface area contributed by atoms with E-state index in [1.54, 1.807) is 7.11 Å². The van der Waals surface area contributed by atoms with E-state index >= 15 is 0 Å². The maximum atomic E-state index is 11.9. The van der Waals surface area contributed by atoms with Gasteiger partial charge in [-0.2, -0.15) is 0 Å². The van der Waals surface area contributed by atoms with Gasteiger partial charge in [-0.1, -0.05) is 30.3 Å². The van der Waals surface area contributed by atoms with E-state index in [0.29, 0.717) is 12.2 Å². The van der Waals surface area contributed by atoms with Gasteiger partial charge in [0.05, 0.1) is 12.7 Å². The molecule has 0 unspecified atom stereocenters. The maximum absolute atomic E-state index is 11.9. The lowest BCUT2D eigenvalue weighted by Crippen LogP contribution is -2.07. The van der Waals surface area contributed by atoms with E-state index in [9.17, 15) is 4.79 Å². The molecule has 4 heteroatoms. The predicted molar refractivity (Wildman–Crippen MR) is 82.4 cm³/mol. The number of benzene rings is 1. The first kappa shape index (κ1) is 15.3. The molecular formula is C17H21NO3. The summed E-state index contributed by atoms with van der Waals surface area (Å²) in [5.41, 5.74) is 3.67. The van der Waals surface area contributed by atoms with E-state index in [-0.39, 0.29) is 5.97 Å². The van der Waals surface area contributed by atoms with Crippen LogP contribution in [0.2, 0.25) is 0 Å². The third-order valence-electron chi connectivity index (χ3n) is 3.57. The van der Waals surface area contributed by atoms with Crippen molar-refractivity contribution in [3.05, 3.63) is 47.7 Å². The third-order valence-corrected chi connectivity index (χ3v) is 3.57. The molecular weight excluding hydrogens is 266 g/mol. The summed E-state index contributed by atoms with van der Waals surface area (Å²) < 4.78 is 12.1. The predicted octanol–water partition coefficient (Wildman–Crippen LogP) is 3.29. The Morgan fingerprint density at radius 1 is 1.19 bits per heavy atom. The lowest BCUT2D eigenvalue weighted by Gasteiger charge is -2.11. The van der Waals surface area contributed by atoms with E-state index in [0.717, 1.165) is 29.9 Å². The van der Waals surface area contributed by atoms with Crippen LogP contribution in [0, 0.1) is 6.92 Å². The minimum Gasteiger partial charge on any atom is -0.465 e. The van der Waals surface area contributed by atoms with E-state index in [4.69, 9.17) is 9.47 Å². The highest BCUT2D eigenvalue weighted by molar-refractivity contribution is 5.92. The standard InChI is InChI=1S/C17H21NO3/c1-13-15(17(19)21-3)12-16(14-8-5-4-6-9-14)18(13)10-7-11-20-2/h4-6,8-9,12H,7,10-11H2,1-3H3. The zero-order valence-corrected chi connectivity index (χ0v) is 12.8. The van der Waals surface area contributed by atoms with Crippen molar-refractivity contribution in [1.82, 2.24) is 4.57 Å². The Kier molecular flexibility index (Phi) is 5.17. The number of carbonyl (C=O) groups is 1. The normalized spacial score (nSPS) is 10.6. The fraction of sp³-hybridized carbons (Fsp3) is 0.353. The number of hydrogen-bond donors (Lipinski definition) is 0. The molecule has 0 atom stereocenters. The molecule has 0 radical (unpaired) electrons. The summed E-state index contributed by atoms with van der Waals surface area (Å²) in [4.78, 5) is 11.9. The van der Waals surface area contributed by atoms with Gasteiger partial charge in [-0.05, 0) is 25.0 Å². The second kappa shape index (κ2) is 7.09. The minimum atomic E-state index is -0.296. The van der Waals surface area contributed by atoms with Gasteiger partial charge >= 0.3 is 5.97 Å². The highest BCUT2D eigenvalue weighted by Gasteiger charge is 2.18. The molecule has 0 aliphatic carbocycles. The summed E-state index contributed by atoms with van der Waals surface area (Å²) in [6.45, 7) is 3.45. The van der Waals surface area contributed by atoms with Crippen LogP contribution in [-0.4, -0.2) is 31.4 Å². The molecule has 0 bridgehead atoms. The second-order valence-electron chi connectivity index (χ2n) is 4.88. The van der Waals surface area contributed by atoms with E-state index in [1.165, 1.54) is 7.11 Å². The van der Waals surface area contributed by atoms with Gasteiger partial charge in [0.15, 0.2) is 0 Å². The molecule has 0 saturated carbocycles. The molecule has 1 heterocycles. The summed E-state index contributed by atoms with van der Waals surface area (Å²) in [7, 11) is 3.10. The van der Waals surface area contributed by atoms with E-state index < -0.39 is 0 Å². The van der Waals surface area contributed by atoms with Gasteiger partial charge in [-0.15, -0.1) is 0 Å². The summed E-state index contributed by atoms with van der Waals surface area (Å²) in [5.74, 6) is -0.296. The first-order valence-electron chi connectivity index (χ1n) is 7.01. The Bertz CT molecular complexity index is 602. The van der Waals surface area contributed by atoms with Crippen molar-refractivity contribution in [2.75, 3.05) is 20.8 Å². The molecule has 0 fully saturated rings. The Morgan fingerprint density at radius 2 is 1.90 bits per heavy atom. The molecule has 2 rings (SSSR count). The zero-order valence-electron chi connectivity index (χ0n) is 12.8. The number of methoxy groups -OCH3 is 2. The van der Waals surface area contributed by atoms with Crippen molar-refractivity contribution in [3.8, 4) is 11.3 Å². The fourth-order valence-corrected chi connectivity index (χ4v) is 2.46. The second-order valence-corrected chi connectivity index (χ2v) is 4.88. The number of nitrogens with zero attached hydrogens (tertiary/aromatic N) is 1. The number of rotatable bonds is 6. The third kappa shape index (κ3) is 3.34. The van der Waals surface area contributed by atoms with E-state index in [1.807, 2.05) is 43.3 Å². The number of hydrogen-bond acceptors (Lipinski definition) is 3.